The number of esters is 1. The highest BCUT2D eigenvalue weighted by molar-refractivity contribution is 5.95. The summed E-state index contributed by atoms with van der Waals surface area (Å²) >= 11 is 0. The van der Waals surface area contributed by atoms with Gasteiger partial charge in [0.2, 0.25) is 0 Å². The number of nitrogens with two attached hydrogens (primary N) is 1. The van der Waals surface area contributed by atoms with Gasteiger partial charge in [-0.25, -0.2) is 4.98 Å². The highest BCUT2D eigenvalue weighted by Crippen LogP contribution is 2.33. The lowest BCUT2D eigenvalue weighted by atomic mass is 10.00. The van der Waals surface area contributed by atoms with Crippen molar-refractivity contribution in [3.8, 4) is 16.9 Å². The molecule has 1 saturated heterocycles. The van der Waals surface area contributed by atoms with Crippen LogP contribution in [0.2, 0.25) is 0 Å². The van der Waals surface area contributed by atoms with E-state index in [4.69, 9.17) is 25.0 Å². The van der Waals surface area contributed by atoms with E-state index in [-0.39, 0.29) is 18.4 Å². The molecule has 2 N–H and O–H groups in total. The molecule has 0 amide bonds. The van der Waals surface area contributed by atoms with Gasteiger partial charge in [-0.05, 0) is 53.8 Å². The first kappa shape index (κ1) is 27.7. The van der Waals surface area contributed by atoms with E-state index in [2.05, 4.69) is 51.0 Å². The summed E-state index contributed by atoms with van der Waals surface area (Å²) < 4.78 is 19.0. The van der Waals surface area contributed by atoms with Gasteiger partial charge in [0.25, 0.3) is 0 Å². The number of nitrogens with zero attached hydrogens (tertiary/aromatic N) is 4. The normalized spacial score (nSPS) is 13.9. The summed E-state index contributed by atoms with van der Waals surface area (Å²) in [6.07, 6.45) is 1.89. The molecule has 1 aliphatic heterocycles. The minimum atomic E-state index is -0.273. The second-order valence-corrected chi connectivity index (χ2v) is 10.5. The Balaban J connectivity index is 1.35. The Morgan fingerprint density at radius 1 is 1.02 bits per heavy atom. The number of benzene rings is 3. The molecule has 0 saturated carbocycles. The number of aromatic nitrogens is 3. The van der Waals surface area contributed by atoms with Gasteiger partial charge in [0, 0.05) is 49.3 Å². The molecule has 3 heterocycles. The van der Waals surface area contributed by atoms with Crippen molar-refractivity contribution >= 4 is 33.5 Å². The topological polar surface area (TPSA) is 105 Å². The zero-order chi connectivity index (χ0) is 29.1. The largest absolute Gasteiger partial charge is 0.487 e. The molecular formula is C33H35N5O4. The molecule has 0 atom stereocenters. The van der Waals surface area contributed by atoms with Gasteiger partial charge in [-0.15, -0.1) is 0 Å². The first-order chi connectivity index (χ1) is 20.5. The van der Waals surface area contributed by atoms with Crippen molar-refractivity contribution in [1.82, 2.24) is 19.7 Å². The maximum absolute atomic E-state index is 12.2. The van der Waals surface area contributed by atoms with E-state index in [1.807, 2.05) is 30.3 Å². The van der Waals surface area contributed by atoms with Gasteiger partial charge in [0.05, 0.1) is 36.9 Å². The quantitative estimate of drug-likeness (QED) is 0.223. The number of methoxy groups -OCH3 is 1. The van der Waals surface area contributed by atoms with Crippen molar-refractivity contribution in [2.24, 2.45) is 0 Å². The maximum atomic E-state index is 12.2. The fourth-order valence-electron chi connectivity index (χ4n) is 5.55. The van der Waals surface area contributed by atoms with Gasteiger partial charge in [0.1, 0.15) is 18.2 Å². The van der Waals surface area contributed by atoms with Crippen LogP contribution in [0.25, 0.3) is 32.8 Å². The fraction of sp³-hybridized carbons (Fsp3) is 0.303. The molecule has 0 unspecified atom stereocenters. The van der Waals surface area contributed by atoms with Crippen LogP contribution in [0, 0.1) is 0 Å². The maximum Gasteiger partial charge on any atom is 0.310 e. The highest BCUT2D eigenvalue weighted by Gasteiger charge is 2.31. The van der Waals surface area contributed by atoms with Crippen LogP contribution in [0.15, 0.2) is 72.9 Å². The van der Waals surface area contributed by atoms with Crippen LogP contribution in [0.5, 0.6) is 5.75 Å². The van der Waals surface area contributed by atoms with Gasteiger partial charge in [0.15, 0.2) is 0 Å². The molecular weight excluding hydrogens is 530 g/mol. The van der Waals surface area contributed by atoms with Gasteiger partial charge >= 0.3 is 5.97 Å². The molecule has 0 spiro atoms. The second-order valence-electron chi connectivity index (χ2n) is 10.5. The first-order valence-corrected chi connectivity index (χ1v) is 14.3. The Morgan fingerprint density at radius 2 is 1.81 bits per heavy atom. The number of nitrogen functional groups attached to an aromatic ring is 1. The number of pyridine rings is 1. The molecule has 2 aromatic heterocycles. The molecule has 1 aliphatic rings. The van der Waals surface area contributed by atoms with Gasteiger partial charge in [-0.3, -0.25) is 14.4 Å². The summed E-state index contributed by atoms with van der Waals surface area (Å²) in [5, 5.41) is 8.05. The summed E-state index contributed by atoms with van der Waals surface area (Å²) in [6.45, 7) is 5.85. The number of carbonyl (C=O) groups is 1. The zero-order valence-corrected chi connectivity index (χ0v) is 24.0. The molecule has 42 heavy (non-hydrogen) atoms. The van der Waals surface area contributed by atoms with Gasteiger partial charge in [-0.2, -0.15) is 5.10 Å². The summed E-state index contributed by atoms with van der Waals surface area (Å²) in [5.74, 6) is 0.905. The van der Waals surface area contributed by atoms with E-state index >= 15 is 0 Å². The summed E-state index contributed by atoms with van der Waals surface area (Å²) in [7, 11) is 1.73. The minimum absolute atomic E-state index is 0.158. The SMILES string of the molecule is CCOC(=O)Cc1ccccc1OCc1c2cc(-c3ccc4ccnc(N)c4c3)ccc2nn1C1CN(CCOC)C1. The lowest BCUT2D eigenvalue weighted by Gasteiger charge is -2.39. The van der Waals surface area contributed by atoms with Crippen LogP contribution < -0.4 is 10.5 Å². The Bertz CT molecular complexity index is 1730. The summed E-state index contributed by atoms with van der Waals surface area (Å²) in [6, 6.07) is 22.4. The van der Waals surface area contributed by atoms with Crippen molar-refractivity contribution in [2.75, 3.05) is 45.7 Å². The van der Waals surface area contributed by atoms with Crippen molar-refractivity contribution in [1.29, 1.82) is 0 Å². The van der Waals surface area contributed by atoms with E-state index in [1.54, 1.807) is 20.2 Å². The van der Waals surface area contributed by atoms with Crippen molar-refractivity contribution in [3.05, 3.63) is 84.2 Å². The Hall–Kier alpha value is -4.47. The number of anilines is 1. The standard InChI is InChI=1S/C33H35N5O4/c1-3-41-32(39)18-25-6-4-5-7-31(25)42-21-30-28-17-24(23-9-8-22-12-13-35-33(34)27(22)16-23)10-11-29(28)36-38(30)26-19-37(20-26)14-15-40-2/h4-13,16-17,26H,3,14-15,18-21H2,1-2H3,(H2,34,35). The van der Waals surface area contributed by atoms with Crippen molar-refractivity contribution < 1.29 is 19.0 Å². The van der Waals surface area contributed by atoms with Crippen LogP contribution in [0.1, 0.15) is 24.2 Å². The average molecular weight is 566 g/mol. The lowest BCUT2D eigenvalue weighted by molar-refractivity contribution is -0.142. The van der Waals surface area contributed by atoms with Crippen molar-refractivity contribution in [2.45, 2.75) is 26.0 Å². The highest BCUT2D eigenvalue weighted by atomic mass is 16.5. The fourth-order valence-corrected chi connectivity index (χ4v) is 5.55. The summed E-state index contributed by atoms with van der Waals surface area (Å²) in [5.41, 5.74) is 11.0. The van der Waals surface area contributed by atoms with Gasteiger partial charge in [-0.1, -0.05) is 36.4 Å². The Labute approximate surface area is 244 Å². The van der Waals surface area contributed by atoms with E-state index in [1.165, 1.54) is 0 Å². The number of fused-ring (bicyclic) bond motifs is 2. The van der Waals surface area contributed by atoms with Crippen molar-refractivity contribution in [3.63, 3.8) is 0 Å². The molecule has 216 valence electrons. The molecule has 0 aliphatic carbocycles. The third kappa shape index (κ3) is 5.66. The molecule has 0 bridgehead atoms. The Morgan fingerprint density at radius 3 is 2.62 bits per heavy atom. The number of ether oxygens (including phenoxy) is 3. The van der Waals surface area contributed by atoms with E-state index < -0.39 is 0 Å². The molecule has 1 fully saturated rings. The predicted molar refractivity (Wildman–Crippen MR) is 163 cm³/mol. The number of likely N-dealkylation sites (tertiary alicyclic amines) is 1. The van der Waals surface area contributed by atoms with Crippen LogP contribution in [-0.4, -0.2) is 65.6 Å². The number of rotatable bonds is 11. The molecule has 9 nitrogen and oxygen atoms in total. The first-order valence-electron chi connectivity index (χ1n) is 14.3. The molecule has 9 heteroatoms. The number of carbonyl (C=O) groups excluding carboxylic acids is 1. The van der Waals surface area contributed by atoms with Crippen LogP contribution in [-0.2, 0) is 27.3 Å². The van der Waals surface area contributed by atoms with Crippen LogP contribution >= 0.6 is 0 Å². The van der Waals surface area contributed by atoms with E-state index in [9.17, 15) is 4.79 Å². The Kier molecular flexibility index (Phi) is 8.03. The average Bonchev–Trinajstić information content (AvgIpc) is 3.33. The monoisotopic (exact) mass is 565 g/mol. The molecule has 5 aromatic rings. The number of hydrogen-bond donors (Lipinski definition) is 1. The minimum Gasteiger partial charge on any atom is -0.487 e. The third-order valence-electron chi connectivity index (χ3n) is 7.80. The zero-order valence-electron chi connectivity index (χ0n) is 24.0. The van der Waals surface area contributed by atoms with Crippen LogP contribution in [0.3, 0.4) is 0 Å². The lowest BCUT2D eigenvalue weighted by Crippen LogP contribution is -2.49. The summed E-state index contributed by atoms with van der Waals surface area (Å²) in [4.78, 5) is 18.9. The predicted octanol–water partition coefficient (Wildman–Crippen LogP) is 5.02. The second kappa shape index (κ2) is 12.2. The third-order valence-corrected chi connectivity index (χ3v) is 7.80. The molecule has 6 rings (SSSR count). The van der Waals surface area contributed by atoms with E-state index in [0.717, 1.165) is 63.7 Å². The number of hydrogen-bond acceptors (Lipinski definition) is 8. The van der Waals surface area contributed by atoms with Crippen LogP contribution in [0.4, 0.5) is 5.82 Å². The number of para-hydroxylation sites is 1. The van der Waals surface area contributed by atoms with Gasteiger partial charge < -0.3 is 19.9 Å². The smallest absolute Gasteiger partial charge is 0.310 e. The molecule has 0 radical (unpaired) electrons. The molecule has 3 aromatic carbocycles. The van der Waals surface area contributed by atoms with E-state index in [0.29, 0.717) is 31.4 Å².